The first-order chi connectivity index (χ1) is 9.10. The van der Waals surface area contributed by atoms with Crippen molar-refractivity contribution >= 4 is 5.95 Å². The summed E-state index contributed by atoms with van der Waals surface area (Å²) in [5.41, 5.74) is 5.42. The van der Waals surface area contributed by atoms with Crippen molar-refractivity contribution in [2.24, 2.45) is 0 Å². The van der Waals surface area contributed by atoms with E-state index in [4.69, 9.17) is 15.2 Å². The highest BCUT2D eigenvalue weighted by Crippen LogP contribution is 2.24. The quantitative estimate of drug-likeness (QED) is 0.912. The average Bonchev–Trinajstić information content (AvgIpc) is 2.35. The molecule has 0 aliphatic rings. The molecule has 0 amide bonds. The average molecular weight is 268 g/mol. The van der Waals surface area contributed by atoms with Crippen LogP contribution in [0.2, 0.25) is 0 Å². The van der Waals surface area contributed by atoms with Crippen molar-refractivity contribution in [2.75, 3.05) is 12.3 Å². The summed E-state index contributed by atoms with van der Waals surface area (Å²) in [5.74, 6) is -2.68. The van der Waals surface area contributed by atoms with Crippen LogP contribution in [0.15, 0.2) is 18.2 Å². The van der Waals surface area contributed by atoms with E-state index in [1.807, 2.05) is 0 Å². The molecular weight excluding hydrogens is 258 g/mol. The van der Waals surface area contributed by atoms with Gasteiger partial charge in [0, 0.05) is 0 Å². The second-order valence-corrected chi connectivity index (χ2v) is 3.35. The Labute approximate surface area is 107 Å². The molecule has 2 rings (SSSR count). The second-order valence-electron chi connectivity index (χ2n) is 3.35. The highest BCUT2D eigenvalue weighted by molar-refractivity contribution is 5.29. The molecule has 0 spiro atoms. The normalized spacial score (nSPS) is 10.3. The minimum atomic E-state index is -1.14. The summed E-state index contributed by atoms with van der Waals surface area (Å²) in [7, 11) is 0. The number of aromatic nitrogens is 3. The van der Waals surface area contributed by atoms with Crippen molar-refractivity contribution in [3.05, 3.63) is 29.8 Å². The molecule has 1 aromatic heterocycles. The van der Waals surface area contributed by atoms with Crippen LogP contribution in [0, 0.1) is 11.6 Å². The smallest absolute Gasteiger partial charge is 0.330 e. The van der Waals surface area contributed by atoms with E-state index in [0.717, 1.165) is 6.07 Å². The highest BCUT2D eigenvalue weighted by Gasteiger charge is 2.13. The third-order valence-electron chi connectivity index (χ3n) is 2.00. The van der Waals surface area contributed by atoms with Crippen LogP contribution in [-0.4, -0.2) is 21.6 Å². The lowest BCUT2D eigenvalue weighted by Gasteiger charge is -2.07. The van der Waals surface area contributed by atoms with E-state index in [-0.39, 0.29) is 23.7 Å². The van der Waals surface area contributed by atoms with Crippen LogP contribution in [0.1, 0.15) is 6.92 Å². The van der Waals surface area contributed by atoms with Gasteiger partial charge in [-0.2, -0.15) is 14.4 Å². The Morgan fingerprint density at radius 2 is 1.89 bits per heavy atom. The summed E-state index contributed by atoms with van der Waals surface area (Å²) in [6.45, 7) is 2.05. The van der Waals surface area contributed by atoms with E-state index in [2.05, 4.69) is 15.0 Å². The number of ether oxygens (including phenoxy) is 2. The lowest BCUT2D eigenvalue weighted by molar-refractivity contribution is 0.302. The van der Waals surface area contributed by atoms with E-state index in [9.17, 15) is 8.78 Å². The van der Waals surface area contributed by atoms with Crippen molar-refractivity contribution in [1.29, 1.82) is 0 Å². The Kier molecular flexibility index (Phi) is 3.69. The molecule has 2 N–H and O–H groups in total. The van der Waals surface area contributed by atoms with Crippen molar-refractivity contribution in [3.8, 4) is 17.8 Å². The zero-order valence-electron chi connectivity index (χ0n) is 9.93. The van der Waals surface area contributed by atoms with Gasteiger partial charge in [0.15, 0.2) is 11.6 Å². The zero-order chi connectivity index (χ0) is 13.8. The maximum absolute atomic E-state index is 13.4. The van der Waals surface area contributed by atoms with Crippen molar-refractivity contribution in [1.82, 2.24) is 15.0 Å². The molecule has 2 aromatic rings. The number of anilines is 1. The molecule has 0 fully saturated rings. The summed E-state index contributed by atoms with van der Waals surface area (Å²) < 4.78 is 36.5. The Morgan fingerprint density at radius 1 is 1.16 bits per heavy atom. The van der Waals surface area contributed by atoms with E-state index in [1.54, 1.807) is 6.92 Å². The highest BCUT2D eigenvalue weighted by atomic mass is 19.2. The minimum Gasteiger partial charge on any atom is -0.464 e. The molecule has 1 heterocycles. The molecule has 6 nitrogen and oxygen atoms in total. The lowest BCUT2D eigenvalue weighted by atomic mass is 10.3. The molecule has 0 radical (unpaired) electrons. The number of nitrogens with two attached hydrogens (primary N) is 1. The van der Waals surface area contributed by atoms with E-state index in [1.165, 1.54) is 12.1 Å². The van der Waals surface area contributed by atoms with E-state index < -0.39 is 11.6 Å². The summed E-state index contributed by atoms with van der Waals surface area (Å²) in [6, 6.07) is 3.16. The van der Waals surface area contributed by atoms with Gasteiger partial charge in [-0.1, -0.05) is 6.07 Å². The molecule has 19 heavy (non-hydrogen) atoms. The maximum Gasteiger partial charge on any atom is 0.330 e. The van der Waals surface area contributed by atoms with Crippen LogP contribution in [0.3, 0.4) is 0 Å². The molecule has 0 saturated carbocycles. The number of hydrogen-bond acceptors (Lipinski definition) is 6. The molecule has 0 aliphatic heterocycles. The Hall–Kier alpha value is -2.51. The fourth-order valence-electron chi connectivity index (χ4n) is 1.25. The van der Waals surface area contributed by atoms with Gasteiger partial charge >= 0.3 is 12.0 Å². The van der Waals surface area contributed by atoms with Gasteiger partial charge in [0.05, 0.1) is 6.61 Å². The second kappa shape index (κ2) is 5.42. The standard InChI is InChI=1S/C11H10F2N4O2/c1-2-18-10-15-9(14)16-11(17-10)19-7-5-3-4-6(12)8(7)13/h3-5H,2H2,1H3,(H2,14,15,16,17). The summed E-state index contributed by atoms with van der Waals surface area (Å²) in [5, 5.41) is 0. The van der Waals surface area contributed by atoms with Crippen molar-refractivity contribution in [3.63, 3.8) is 0 Å². The zero-order valence-corrected chi connectivity index (χ0v) is 9.93. The summed E-state index contributed by atoms with van der Waals surface area (Å²) in [6.07, 6.45) is 0. The van der Waals surface area contributed by atoms with Crippen LogP contribution in [0.25, 0.3) is 0 Å². The summed E-state index contributed by atoms with van der Waals surface area (Å²) in [4.78, 5) is 11.1. The van der Waals surface area contributed by atoms with Gasteiger partial charge in [0.1, 0.15) is 0 Å². The third-order valence-corrected chi connectivity index (χ3v) is 2.00. The molecule has 0 bridgehead atoms. The third kappa shape index (κ3) is 3.03. The van der Waals surface area contributed by atoms with Crippen LogP contribution >= 0.6 is 0 Å². The predicted molar refractivity (Wildman–Crippen MR) is 61.8 cm³/mol. The number of nitrogens with zero attached hydrogens (tertiary/aromatic N) is 3. The van der Waals surface area contributed by atoms with Crippen molar-refractivity contribution < 1.29 is 18.3 Å². The molecule has 0 unspecified atom stereocenters. The molecule has 1 aromatic carbocycles. The van der Waals surface area contributed by atoms with Gasteiger partial charge in [0.2, 0.25) is 11.8 Å². The fraction of sp³-hybridized carbons (Fsp3) is 0.182. The van der Waals surface area contributed by atoms with Gasteiger partial charge in [0.25, 0.3) is 0 Å². The summed E-state index contributed by atoms with van der Waals surface area (Å²) >= 11 is 0. The Bertz CT molecular complexity index is 595. The first-order valence-electron chi connectivity index (χ1n) is 5.36. The maximum atomic E-state index is 13.4. The van der Waals surface area contributed by atoms with Crippen LogP contribution in [-0.2, 0) is 0 Å². The van der Waals surface area contributed by atoms with Crippen molar-refractivity contribution in [2.45, 2.75) is 6.92 Å². The number of halogens is 2. The van der Waals surface area contributed by atoms with Crippen LogP contribution < -0.4 is 15.2 Å². The van der Waals surface area contributed by atoms with E-state index in [0.29, 0.717) is 6.61 Å². The Balaban J connectivity index is 2.30. The molecule has 0 aliphatic carbocycles. The lowest BCUT2D eigenvalue weighted by Crippen LogP contribution is -2.05. The van der Waals surface area contributed by atoms with Crippen LogP contribution in [0.4, 0.5) is 14.7 Å². The SMILES string of the molecule is CCOc1nc(N)nc(Oc2cccc(F)c2F)n1. The number of rotatable bonds is 4. The fourth-order valence-corrected chi connectivity index (χ4v) is 1.25. The first-order valence-corrected chi connectivity index (χ1v) is 5.36. The molecular formula is C11H10F2N4O2. The monoisotopic (exact) mass is 268 g/mol. The number of hydrogen-bond donors (Lipinski definition) is 1. The minimum absolute atomic E-state index is 0.0539. The molecule has 0 saturated heterocycles. The van der Waals surface area contributed by atoms with Gasteiger partial charge in [-0.05, 0) is 19.1 Å². The number of nitrogen functional groups attached to an aromatic ring is 1. The van der Waals surface area contributed by atoms with E-state index >= 15 is 0 Å². The molecule has 0 atom stereocenters. The van der Waals surface area contributed by atoms with Gasteiger partial charge in [-0.3, -0.25) is 0 Å². The van der Waals surface area contributed by atoms with Crippen LogP contribution in [0.5, 0.6) is 17.8 Å². The molecule has 8 heteroatoms. The Morgan fingerprint density at radius 3 is 2.63 bits per heavy atom. The predicted octanol–water partition coefficient (Wildman–Crippen LogP) is 1.92. The van der Waals surface area contributed by atoms with Gasteiger partial charge in [-0.25, -0.2) is 4.39 Å². The first kappa shape index (κ1) is 12.9. The topological polar surface area (TPSA) is 83.2 Å². The number of benzene rings is 1. The largest absolute Gasteiger partial charge is 0.464 e. The van der Waals surface area contributed by atoms with Gasteiger partial charge < -0.3 is 15.2 Å². The molecule has 100 valence electrons. The van der Waals surface area contributed by atoms with Gasteiger partial charge in [-0.15, -0.1) is 4.98 Å².